The van der Waals surface area contributed by atoms with Crippen LogP contribution in [0.1, 0.15) is 37.0 Å². The lowest BCUT2D eigenvalue weighted by molar-refractivity contribution is 0.659. The summed E-state index contributed by atoms with van der Waals surface area (Å²) in [6, 6.07) is 54.8. The Labute approximate surface area is 326 Å². The molecule has 0 saturated heterocycles. The number of para-hydroxylation sites is 1. The van der Waals surface area contributed by atoms with Gasteiger partial charge < -0.3 is 4.57 Å². The van der Waals surface area contributed by atoms with Gasteiger partial charge in [-0.05, 0) is 108 Å². The highest BCUT2D eigenvalue weighted by atomic mass is 15.0. The van der Waals surface area contributed by atoms with E-state index in [9.17, 15) is 0 Å². The van der Waals surface area contributed by atoms with E-state index in [1.807, 2.05) is 0 Å². The number of benzene rings is 8. The van der Waals surface area contributed by atoms with Crippen molar-refractivity contribution in [1.29, 1.82) is 0 Å². The molecule has 0 fully saturated rings. The molecule has 264 valence electrons. The van der Waals surface area contributed by atoms with Crippen LogP contribution in [0.3, 0.4) is 0 Å². The minimum absolute atomic E-state index is 0.164. The van der Waals surface area contributed by atoms with Gasteiger partial charge in [0.1, 0.15) is 0 Å². The highest BCUT2D eigenvalue weighted by Crippen LogP contribution is 2.52. The second-order valence-electron chi connectivity index (χ2n) is 16.4. The molecule has 3 aliphatic carbocycles. The molecule has 0 aliphatic heterocycles. The van der Waals surface area contributed by atoms with Crippen molar-refractivity contribution in [3.05, 3.63) is 204 Å². The predicted molar refractivity (Wildman–Crippen MR) is 239 cm³/mol. The van der Waals surface area contributed by atoms with Crippen LogP contribution >= 0.6 is 0 Å². The number of allylic oxidation sites excluding steroid dienone is 8. The molecule has 1 heterocycles. The predicted octanol–water partition coefficient (Wildman–Crippen LogP) is 14.7. The summed E-state index contributed by atoms with van der Waals surface area (Å²) in [7, 11) is 0. The molecular weight excluding hydrogens is 675 g/mol. The van der Waals surface area contributed by atoms with Gasteiger partial charge >= 0.3 is 0 Å². The fraction of sp³-hybridized carbons (Fsp3) is 0.0909. The molecule has 1 atom stereocenters. The molecule has 1 unspecified atom stereocenters. The van der Waals surface area contributed by atoms with Crippen LogP contribution in [0, 0.1) is 5.92 Å². The third-order valence-electron chi connectivity index (χ3n) is 13.1. The molecule has 56 heavy (non-hydrogen) atoms. The highest BCUT2D eigenvalue weighted by Gasteiger charge is 2.36. The van der Waals surface area contributed by atoms with Crippen LogP contribution in [-0.4, -0.2) is 4.57 Å². The monoisotopic (exact) mass is 713 g/mol. The van der Waals surface area contributed by atoms with Crippen molar-refractivity contribution < 1.29 is 0 Å². The lowest BCUT2D eigenvalue weighted by Crippen LogP contribution is -2.15. The van der Waals surface area contributed by atoms with Gasteiger partial charge in [-0.3, -0.25) is 0 Å². The standard InChI is InChI=1S/C55H39N/c1-55(2)49-31-38(37-25-24-34-14-6-7-17-36(34)30-37)26-28-42(49)43-29-27-39(32-50(43)55)56-51-23-13-12-22-46(51)53-52-44-20-10-8-18-40(44)47(35-15-4-3-5-16-35)33-48(52)41-19-9-11-21-45(41)54(53)56/h3-13,15-34H,14H2,1-2H3. The maximum absolute atomic E-state index is 2.55. The molecule has 3 aliphatic rings. The lowest BCUT2D eigenvalue weighted by Gasteiger charge is -2.24. The quantitative estimate of drug-likeness (QED) is 0.161. The first kappa shape index (κ1) is 31.6. The van der Waals surface area contributed by atoms with E-state index in [0.717, 1.165) is 6.42 Å². The topological polar surface area (TPSA) is 4.93 Å². The maximum Gasteiger partial charge on any atom is 0.0626 e. The van der Waals surface area contributed by atoms with Crippen molar-refractivity contribution in [3.63, 3.8) is 0 Å². The Kier molecular flexibility index (Phi) is 6.58. The van der Waals surface area contributed by atoms with Gasteiger partial charge in [0.15, 0.2) is 0 Å². The van der Waals surface area contributed by atoms with Gasteiger partial charge in [0.05, 0.1) is 11.0 Å². The van der Waals surface area contributed by atoms with E-state index in [2.05, 4.69) is 200 Å². The summed E-state index contributed by atoms with van der Waals surface area (Å²) in [5.74, 6) is 0.499. The fourth-order valence-electron chi connectivity index (χ4n) is 10.3. The summed E-state index contributed by atoms with van der Waals surface area (Å²) in [5.41, 5.74) is 15.5. The second kappa shape index (κ2) is 11.7. The molecule has 12 rings (SSSR count). The summed E-state index contributed by atoms with van der Waals surface area (Å²) >= 11 is 0. The average molecular weight is 714 g/mol. The summed E-state index contributed by atoms with van der Waals surface area (Å²) in [6.07, 6.45) is 14.9. The number of hydrogen-bond acceptors (Lipinski definition) is 0. The Morgan fingerprint density at radius 2 is 1.25 bits per heavy atom. The highest BCUT2D eigenvalue weighted by molar-refractivity contribution is 6.38. The van der Waals surface area contributed by atoms with Crippen LogP contribution in [-0.2, 0) is 5.41 Å². The van der Waals surface area contributed by atoms with Crippen molar-refractivity contribution in [1.82, 2.24) is 4.57 Å². The minimum atomic E-state index is -0.164. The van der Waals surface area contributed by atoms with E-state index in [4.69, 9.17) is 0 Å². The molecule has 0 N–H and O–H groups in total. The first-order chi connectivity index (χ1) is 27.5. The van der Waals surface area contributed by atoms with Crippen LogP contribution in [0.4, 0.5) is 0 Å². The van der Waals surface area contributed by atoms with Crippen LogP contribution in [0.15, 0.2) is 188 Å². The SMILES string of the molecule is CC1(C)c2cc(C3=CC4=CC=CCC4C=C3)ccc2-c2ccc(-n3c4ccccc4c4c5c6ccccc6c(-c6ccccc6)cc5c5ccccc5c43)cc21. The number of aromatic nitrogens is 1. The van der Waals surface area contributed by atoms with E-state index in [-0.39, 0.29) is 5.41 Å². The van der Waals surface area contributed by atoms with Crippen LogP contribution < -0.4 is 0 Å². The van der Waals surface area contributed by atoms with Crippen LogP contribution in [0.25, 0.3) is 87.6 Å². The zero-order valence-electron chi connectivity index (χ0n) is 31.6. The molecule has 8 aromatic carbocycles. The molecule has 0 bridgehead atoms. The molecule has 9 aromatic rings. The molecule has 0 amide bonds. The first-order valence-electron chi connectivity index (χ1n) is 20.0. The fourth-order valence-corrected chi connectivity index (χ4v) is 10.3. The Hall–Kier alpha value is -6.70. The zero-order chi connectivity index (χ0) is 37.1. The van der Waals surface area contributed by atoms with Crippen molar-refractivity contribution in [2.75, 3.05) is 0 Å². The van der Waals surface area contributed by atoms with Crippen LogP contribution in [0.5, 0.6) is 0 Å². The summed E-state index contributed by atoms with van der Waals surface area (Å²) in [4.78, 5) is 0. The van der Waals surface area contributed by atoms with Crippen LogP contribution in [0.2, 0.25) is 0 Å². The van der Waals surface area contributed by atoms with Gasteiger partial charge in [0, 0.05) is 38.6 Å². The molecule has 0 saturated carbocycles. The van der Waals surface area contributed by atoms with Crippen molar-refractivity contribution in [2.24, 2.45) is 5.92 Å². The average Bonchev–Trinajstić information content (AvgIpc) is 3.72. The third-order valence-corrected chi connectivity index (χ3v) is 13.1. The number of hydrogen-bond donors (Lipinski definition) is 0. The summed E-state index contributed by atoms with van der Waals surface area (Å²) in [5, 5.41) is 10.3. The summed E-state index contributed by atoms with van der Waals surface area (Å²) < 4.78 is 2.55. The van der Waals surface area contributed by atoms with Gasteiger partial charge in [-0.15, -0.1) is 0 Å². The second-order valence-corrected chi connectivity index (χ2v) is 16.4. The largest absolute Gasteiger partial charge is 0.309 e. The Morgan fingerprint density at radius 1 is 0.554 bits per heavy atom. The van der Waals surface area contributed by atoms with Crippen molar-refractivity contribution in [2.45, 2.75) is 25.7 Å². The molecule has 1 aromatic heterocycles. The smallest absolute Gasteiger partial charge is 0.0626 e. The van der Waals surface area contributed by atoms with Crippen molar-refractivity contribution in [3.8, 4) is 27.9 Å². The van der Waals surface area contributed by atoms with Gasteiger partial charge in [0.2, 0.25) is 0 Å². The first-order valence-corrected chi connectivity index (χ1v) is 20.0. The van der Waals surface area contributed by atoms with Gasteiger partial charge in [-0.1, -0.05) is 166 Å². The molecular formula is C55H39N. The Morgan fingerprint density at radius 3 is 2.09 bits per heavy atom. The number of fused-ring (bicyclic) bond motifs is 14. The molecule has 1 nitrogen and oxygen atoms in total. The summed E-state index contributed by atoms with van der Waals surface area (Å²) in [6.45, 7) is 4.82. The van der Waals surface area contributed by atoms with Crippen molar-refractivity contribution >= 4 is 59.7 Å². The van der Waals surface area contributed by atoms with Gasteiger partial charge in [-0.2, -0.15) is 0 Å². The normalized spacial score (nSPS) is 16.7. The third kappa shape index (κ3) is 4.37. The maximum atomic E-state index is 2.55. The van der Waals surface area contributed by atoms with E-state index in [1.165, 1.54) is 110 Å². The number of rotatable bonds is 3. The van der Waals surface area contributed by atoms with E-state index in [1.54, 1.807) is 0 Å². The molecule has 1 heteroatoms. The molecule has 0 spiro atoms. The lowest BCUT2D eigenvalue weighted by atomic mass is 9.80. The van der Waals surface area contributed by atoms with Gasteiger partial charge in [0.25, 0.3) is 0 Å². The number of nitrogens with zero attached hydrogens (tertiary/aromatic N) is 1. The Bertz CT molecular complexity index is 3290. The Balaban J connectivity index is 1.10. The minimum Gasteiger partial charge on any atom is -0.309 e. The zero-order valence-corrected chi connectivity index (χ0v) is 31.6. The van der Waals surface area contributed by atoms with E-state index < -0.39 is 0 Å². The van der Waals surface area contributed by atoms with E-state index >= 15 is 0 Å². The van der Waals surface area contributed by atoms with Gasteiger partial charge in [-0.25, -0.2) is 0 Å². The van der Waals surface area contributed by atoms with E-state index in [0.29, 0.717) is 5.92 Å². The molecule has 0 radical (unpaired) electrons.